The molecule has 0 saturated heterocycles. The van der Waals surface area contributed by atoms with Gasteiger partial charge in [-0.25, -0.2) is 13.2 Å². The van der Waals surface area contributed by atoms with Gasteiger partial charge < -0.3 is 5.11 Å². The van der Waals surface area contributed by atoms with E-state index in [0.29, 0.717) is 10.7 Å². The summed E-state index contributed by atoms with van der Waals surface area (Å²) in [5.74, 6) is -1.18. The number of hydrogen-bond acceptors (Lipinski definition) is 3. The fourth-order valence-electron chi connectivity index (χ4n) is 1.90. The van der Waals surface area contributed by atoms with Crippen LogP contribution in [0.2, 0.25) is 18.1 Å². The van der Waals surface area contributed by atoms with Crippen molar-refractivity contribution in [2.75, 3.05) is 10.6 Å². The van der Waals surface area contributed by atoms with Gasteiger partial charge in [0.05, 0.1) is 11.9 Å². The van der Waals surface area contributed by atoms with E-state index in [-0.39, 0.29) is 8.80 Å². The third-order valence-electron chi connectivity index (χ3n) is 4.46. The molecule has 0 amide bonds. The second-order valence-corrected chi connectivity index (χ2v) is 13.7. The first-order valence-corrected chi connectivity index (χ1v) is 13.1. The molecule has 0 unspecified atom stereocenters. The highest BCUT2D eigenvalue weighted by molar-refractivity contribution is 7.92. The van der Waals surface area contributed by atoms with Gasteiger partial charge in [0.25, 0.3) is 0 Å². The van der Waals surface area contributed by atoms with Gasteiger partial charge in [-0.2, -0.15) is 0 Å². The van der Waals surface area contributed by atoms with E-state index >= 15 is 0 Å². The first kappa shape index (κ1) is 23.7. The van der Waals surface area contributed by atoms with Crippen LogP contribution in [0.3, 0.4) is 0 Å². The lowest BCUT2D eigenvalue weighted by Crippen LogP contribution is -2.43. The van der Waals surface area contributed by atoms with E-state index < -0.39 is 22.0 Å². The number of carbonyl (C=O) groups is 1. The predicted molar refractivity (Wildman–Crippen MR) is 109 cm³/mol. The molecule has 25 heavy (non-hydrogen) atoms. The van der Waals surface area contributed by atoms with Crippen molar-refractivity contribution >= 4 is 30.5 Å². The lowest BCUT2D eigenvalue weighted by atomic mass is 10.1. The Morgan fingerprint density at radius 1 is 1.16 bits per heavy atom. The standard InChI is InChI=1S/C12H17NO4S.C6H16Si/c1-8-6-5-7-9(2)11(8)13(18(4,16)17)10(3)12(14)15;1-6(2,3)7(4)5/h5-7,10H,1-4H3,(H,14,15);7H,1-5H3/t10-;/m0./s1. The van der Waals surface area contributed by atoms with Crippen LogP contribution in [-0.2, 0) is 14.8 Å². The molecule has 144 valence electrons. The van der Waals surface area contributed by atoms with E-state index in [2.05, 4.69) is 33.9 Å². The SMILES string of the molecule is C[SiH](C)C(C)(C)C.Cc1cccc(C)c1N([C@@H](C)C(=O)O)S(C)(=O)=O. The highest BCUT2D eigenvalue weighted by atomic mass is 32.2. The Morgan fingerprint density at radius 2 is 1.52 bits per heavy atom. The molecule has 7 heteroatoms. The molecule has 0 aliphatic heterocycles. The number of benzene rings is 1. The van der Waals surface area contributed by atoms with Crippen LogP contribution in [0.4, 0.5) is 5.69 Å². The Hall–Kier alpha value is -1.34. The molecule has 5 nitrogen and oxygen atoms in total. The maximum atomic E-state index is 11.8. The normalized spacial score (nSPS) is 13.0. The fourth-order valence-corrected chi connectivity index (χ4v) is 3.18. The summed E-state index contributed by atoms with van der Waals surface area (Å²) in [6.07, 6.45) is 1.01. The van der Waals surface area contributed by atoms with Crippen LogP contribution in [0.25, 0.3) is 0 Å². The van der Waals surface area contributed by atoms with Crippen molar-refractivity contribution in [2.24, 2.45) is 0 Å². The molecule has 0 bridgehead atoms. The monoisotopic (exact) mass is 387 g/mol. The summed E-state index contributed by atoms with van der Waals surface area (Å²) in [4.78, 5) is 11.1. The van der Waals surface area contributed by atoms with Gasteiger partial charge >= 0.3 is 5.97 Å². The zero-order valence-corrected chi connectivity index (χ0v) is 18.9. The van der Waals surface area contributed by atoms with Crippen molar-refractivity contribution in [1.29, 1.82) is 0 Å². The van der Waals surface area contributed by atoms with E-state index in [1.807, 2.05) is 0 Å². The van der Waals surface area contributed by atoms with Gasteiger partial charge in [0.2, 0.25) is 10.0 Å². The summed E-state index contributed by atoms with van der Waals surface area (Å²) >= 11 is 0. The number of aliphatic carboxylic acids is 1. The van der Waals surface area contributed by atoms with Crippen molar-refractivity contribution < 1.29 is 18.3 Å². The molecule has 0 fully saturated rings. The molecule has 1 atom stereocenters. The van der Waals surface area contributed by atoms with E-state index in [1.54, 1.807) is 32.0 Å². The number of nitrogens with zero attached hydrogens (tertiary/aromatic N) is 1. The highest BCUT2D eigenvalue weighted by Crippen LogP contribution is 2.28. The Bertz CT molecular complexity index is 673. The topological polar surface area (TPSA) is 74.7 Å². The highest BCUT2D eigenvalue weighted by Gasteiger charge is 2.30. The van der Waals surface area contributed by atoms with Crippen LogP contribution in [0.15, 0.2) is 18.2 Å². The summed E-state index contributed by atoms with van der Waals surface area (Å²) in [6.45, 7) is 16.6. The average molecular weight is 388 g/mol. The van der Waals surface area contributed by atoms with Gasteiger partial charge in [0, 0.05) is 8.80 Å². The third kappa shape index (κ3) is 7.19. The average Bonchev–Trinajstić information content (AvgIpc) is 2.40. The molecule has 1 aromatic rings. The van der Waals surface area contributed by atoms with Crippen LogP contribution >= 0.6 is 0 Å². The number of hydrogen-bond donors (Lipinski definition) is 1. The summed E-state index contributed by atoms with van der Waals surface area (Å²) < 4.78 is 24.6. The second-order valence-electron chi connectivity index (χ2n) is 7.83. The lowest BCUT2D eigenvalue weighted by molar-refractivity contribution is -0.137. The Morgan fingerprint density at radius 3 is 1.76 bits per heavy atom. The predicted octanol–water partition coefficient (Wildman–Crippen LogP) is 3.82. The van der Waals surface area contributed by atoms with Gasteiger partial charge in [0.1, 0.15) is 6.04 Å². The van der Waals surface area contributed by atoms with Gasteiger partial charge in [0.15, 0.2) is 0 Å². The number of anilines is 1. The Labute approximate surface area is 154 Å². The number of carboxylic acids is 1. The Kier molecular flexibility index (Phi) is 8.37. The van der Waals surface area contributed by atoms with Gasteiger partial charge in [-0.3, -0.25) is 4.31 Å². The zero-order chi connectivity index (χ0) is 20.2. The molecular weight excluding hydrogens is 354 g/mol. The van der Waals surface area contributed by atoms with Gasteiger partial charge in [-0.15, -0.1) is 0 Å². The number of rotatable bonds is 4. The summed E-state index contributed by atoms with van der Waals surface area (Å²) in [5.41, 5.74) is 1.90. The summed E-state index contributed by atoms with van der Waals surface area (Å²) in [5, 5.41) is 9.69. The number of aryl methyl sites for hydroxylation is 2. The minimum absolute atomic E-state index is 0.359. The van der Waals surface area contributed by atoms with Crippen molar-refractivity contribution in [3.63, 3.8) is 0 Å². The molecular formula is C18H33NO4SSi. The van der Waals surface area contributed by atoms with Crippen molar-refractivity contribution in [3.05, 3.63) is 29.3 Å². The maximum absolute atomic E-state index is 11.8. The van der Waals surface area contributed by atoms with Crippen LogP contribution in [0, 0.1) is 13.8 Å². The number of para-hydroxylation sites is 1. The largest absolute Gasteiger partial charge is 0.480 e. The number of carboxylic acid groups (broad SMARTS) is 1. The van der Waals surface area contributed by atoms with Crippen LogP contribution < -0.4 is 4.31 Å². The smallest absolute Gasteiger partial charge is 0.327 e. The van der Waals surface area contributed by atoms with Crippen molar-refractivity contribution in [3.8, 4) is 0 Å². The fraction of sp³-hybridized carbons (Fsp3) is 0.611. The first-order valence-electron chi connectivity index (χ1n) is 8.39. The van der Waals surface area contributed by atoms with E-state index in [0.717, 1.165) is 21.7 Å². The molecule has 0 aliphatic rings. The summed E-state index contributed by atoms with van der Waals surface area (Å²) in [7, 11) is -4.01. The van der Waals surface area contributed by atoms with E-state index in [1.165, 1.54) is 6.92 Å². The van der Waals surface area contributed by atoms with Crippen molar-refractivity contribution in [1.82, 2.24) is 0 Å². The quantitative estimate of drug-likeness (QED) is 0.797. The van der Waals surface area contributed by atoms with Crippen molar-refractivity contribution in [2.45, 2.75) is 65.7 Å². The second kappa shape index (κ2) is 8.85. The molecule has 0 aliphatic carbocycles. The number of sulfonamides is 1. The molecule has 1 aromatic carbocycles. The van der Waals surface area contributed by atoms with Crippen LogP contribution in [-0.4, -0.2) is 40.6 Å². The molecule has 0 saturated carbocycles. The maximum Gasteiger partial charge on any atom is 0.327 e. The third-order valence-corrected chi connectivity index (χ3v) is 9.14. The molecule has 1 rings (SSSR count). The van der Waals surface area contributed by atoms with E-state index in [9.17, 15) is 13.2 Å². The minimum Gasteiger partial charge on any atom is -0.480 e. The van der Waals surface area contributed by atoms with E-state index in [4.69, 9.17) is 5.11 Å². The molecule has 0 aromatic heterocycles. The molecule has 0 heterocycles. The first-order chi connectivity index (χ1) is 11.1. The molecule has 1 N–H and O–H groups in total. The van der Waals surface area contributed by atoms with Crippen LogP contribution in [0.5, 0.6) is 0 Å². The van der Waals surface area contributed by atoms with Crippen LogP contribution in [0.1, 0.15) is 38.8 Å². The lowest BCUT2D eigenvalue weighted by Gasteiger charge is -2.29. The minimum atomic E-state index is -3.65. The van der Waals surface area contributed by atoms with Gasteiger partial charge in [-0.1, -0.05) is 52.1 Å². The van der Waals surface area contributed by atoms with Gasteiger partial charge in [-0.05, 0) is 36.9 Å². The Balaban J connectivity index is 0.000000697. The molecule has 0 radical (unpaired) electrons. The molecule has 0 spiro atoms. The zero-order valence-electron chi connectivity index (χ0n) is 16.9. The summed E-state index contributed by atoms with van der Waals surface area (Å²) in [6, 6.07) is 4.18.